The summed E-state index contributed by atoms with van der Waals surface area (Å²) in [5, 5.41) is 15.9. The van der Waals surface area contributed by atoms with Crippen molar-refractivity contribution in [2.24, 2.45) is 17.8 Å². The lowest BCUT2D eigenvalue weighted by atomic mass is 9.84. The molecule has 0 aromatic heterocycles. The molecule has 0 saturated heterocycles. The van der Waals surface area contributed by atoms with Crippen LogP contribution in [-0.4, -0.2) is 48.2 Å². The fraction of sp³-hybridized carbons (Fsp3) is 0.500. The topological polar surface area (TPSA) is 105 Å². The summed E-state index contributed by atoms with van der Waals surface area (Å²) >= 11 is 0. The van der Waals surface area contributed by atoms with Gasteiger partial charge in [-0.2, -0.15) is 0 Å². The second-order valence-electron chi connectivity index (χ2n) is 12.4. The number of hydrogen-bond donors (Lipinski definition) is 3. The maximum Gasteiger partial charge on any atom is 0.309 e. The Bertz CT molecular complexity index is 1180. The third-order valence-corrected chi connectivity index (χ3v) is 8.66. The molecule has 7 heteroatoms. The van der Waals surface area contributed by atoms with Crippen molar-refractivity contribution in [1.29, 1.82) is 0 Å². The predicted molar refractivity (Wildman–Crippen MR) is 179 cm³/mol. The van der Waals surface area contributed by atoms with Gasteiger partial charge < -0.3 is 20.5 Å². The minimum atomic E-state index is -0.624. The molecule has 3 rings (SSSR count). The van der Waals surface area contributed by atoms with Crippen molar-refractivity contribution in [3.05, 3.63) is 97.1 Å². The van der Waals surface area contributed by atoms with Gasteiger partial charge in [-0.05, 0) is 55.6 Å². The minimum Gasteiger partial charge on any atom is -0.463 e. The second kappa shape index (κ2) is 20.3. The van der Waals surface area contributed by atoms with Crippen molar-refractivity contribution < 1.29 is 24.2 Å². The molecule has 7 nitrogen and oxygen atoms in total. The number of amides is 2. The molecule has 0 spiro atoms. The van der Waals surface area contributed by atoms with Crippen LogP contribution in [-0.2, 0) is 32.0 Å². The van der Waals surface area contributed by atoms with E-state index in [-0.39, 0.29) is 49.4 Å². The number of ether oxygens (including phenoxy) is 1. The Balaban J connectivity index is 1.63. The summed E-state index contributed by atoms with van der Waals surface area (Å²) < 4.78 is 5.91. The molecule has 0 unspecified atom stereocenters. The molecule has 1 aliphatic carbocycles. The van der Waals surface area contributed by atoms with Crippen molar-refractivity contribution in [2.45, 2.75) is 89.1 Å². The average molecular weight is 617 g/mol. The van der Waals surface area contributed by atoms with Crippen molar-refractivity contribution in [3.63, 3.8) is 0 Å². The van der Waals surface area contributed by atoms with Gasteiger partial charge in [0.25, 0.3) is 0 Å². The van der Waals surface area contributed by atoms with Crippen LogP contribution < -0.4 is 10.6 Å². The van der Waals surface area contributed by atoms with Crippen LogP contribution in [0.2, 0.25) is 0 Å². The maximum atomic E-state index is 13.6. The lowest BCUT2D eigenvalue weighted by Crippen LogP contribution is -2.45. The van der Waals surface area contributed by atoms with Crippen molar-refractivity contribution in [2.75, 3.05) is 13.2 Å². The number of carbonyl (C=O) groups excluding carboxylic acids is 3. The summed E-state index contributed by atoms with van der Waals surface area (Å²) in [6.07, 6.45) is 12.7. The standard InChI is InChI=1S/C38H52N2O5/c1-3-5-22-33(23-29-16-9-6-10-17-29)38(44)45-28-35(25-31-20-13-8-14-21-31)40-37(43)32(15-4-2)26-36(42)39-34(27-41)24-30-18-11-7-12-19-30/h3-4,6-7,9-12,16-19,31-35,41H,1-2,5,8,13-15,20-28H2,(H,39,42)(H,40,43)/t32-,33-,34+,35+/m1/s1. The van der Waals surface area contributed by atoms with Gasteiger partial charge in [-0.3, -0.25) is 14.4 Å². The zero-order valence-electron chi connectivity index (χ0n) is 26.7. The normalized spacial score (nSPS) is 16.0. The number of nitrogens with one attached hydrogen (secondary N) is 2. The van der Waals surface area contributed by atoms with E-state index in [9.17, 15) is 19.5 Å². The highest BCUT2D eigenvalue weighted by atomic mass is 16.5. The van der Waals surface area contributed by atoms with Crippen LogP contribution in [0.4, 0.5) is 0 Å². The van der Waals surface area contributed by atoms with Crippen molar-refractivity contribution in [1.82, 2.24) is 10.6 Å². The van der Waals surface area contributed by atoms with Gasteiger partial charge in [0, 0.05) is 6.42 Å². The van der Waals surface area contributed by atoms with E-state index >= 15 is 0 Å². The molecule has 0 aliphatic heterocycles. The number of aliphatic hydroxyl groups excluding tert-OH is 1. The number of hydrogen-bond acceptors (Lipinski definition) is 5. The highest BCUT2D eigenvalue weighted by Crippen LogP contribution is 2.28. The Kier molecular flexibility index (Phi) is 16.2. The van der Waals surface area contributed by atoms with E-state index in [1.807, 2.05) is 66.7 Å². The largest absolute Gasteiger partial charge is 0.463 e. The summed E-state index contributed by atoms with van der Waals surface area (Å²) in [4.78, 5) is 39.9. The molecule has 3 N–H and O–H groups in total. The molecule has 2 aromatic carbocycles. The Morgan fingerprint density at radius 2 is 1.49 bits per heavy atom. The molecule has 2 aromatic rings. The van der Waals surface area contributed by atoms with E-state index in [1.165, 1.54) is 19.3 Å². The first-order chi connectivity index (χ1) is 21.9. The van der Waals surface area contributed by atoms with Gasteiger partial charge in [-0.1, -0.05) is 105 Å². The Hall–Kier alpha value is -3.71. The zero-order chi connectivity index (χ0) is 32.3. The van der Waals surface area contributed by atoms with E-state index in [2.05, 4.69) is 23.8 Å². The first-order valence-corrected chi connectivity index (χ1v) is 16.6. The summed E-state index contributed by atoms with van der Waals surface area (Å²) in [6, 6.07) is 18.8. The third kappa shape index (κ3) is 13.4. The Morgan fingerprint density at radius 3 is 2.09 bits per heavy atom. The monoisotopic (exact) mass is 616 g/mol. The number of rotatable bonds is 20. The third-order valence-electron chi connectivity index (χ3n) is 8.66. The van der Waals surface area contributed by atoms with E-state index in [1.54, 1.807) is 6.08 Å². The fourth-order valence-corrected chi connectivity index (χ4v) is 6.19. The quantitative estimate of drug-likeness (QED) is 0.123. The summed E-state index contributed by atoms with van der Waals surface area (Å²) in [5.74, 6) is -1.29. The maximum absolute atomic E-state index is 13.6. The average Bonchev–Trinajstić information content (AvgIpc) is 3.06. The van der Waals surface area contributed by atoms with Gasteiger partial charge in [-0.25, -0.2) is 0 Å². The molecule has 244 valence electrons. The molecular weight excluding hydrogens is 564 g/mol. The van der Waals surface area contributed by atoms with Crippen LogP contribution in [0.5, 0.6) is 0 Å². The molecule has 2 amide bonds. The molecule has 1 fully saturated rings. The van der Waals surface area contributed by atoms with Crippen LogP contribution in [0.3, 0.4) is 0 Å². The van der Waals surface area contributed by atoms with E-state index in [0.717, 1.165) is 30.4 Å². The SMILES string of the molecule is C=CCC[C@H](Cc1ccccc1)C(=O)OC[C@H](CC1CCCCC1)NC(=O)[C@H](CC=C)CC(=O)N[C@H](CO)Cc1ccccc1. The zero-order valence-corrected chi connectivity index (χ0v) is 26.7. The lowest BCUT2D eigenvalue weighted by Gasteiger charge is -2.29. The second-order valence-corrected chi connectivity index (χ2v) is 12.4. The van der Waals surface area contributed by atoms with Gasteiger partial charge in [0.2, 0.25) is 11.8 Å². The first kappa shape index (κ1) is 35.8. The summed E-state index contributed by atoms with van der Waals surface area (Å²) in [5.41, 5.74) is 2.08. The highest BCUT2D eigenvalue weighted by molar-refractivity contribution is 5.86. The summed E-state index contributed by atoms with van der Waals surface area (Å²) in [7, 11) is 0. The van der Waals surface area contributed by atoms with Crippen LogP contribution >= 0.6 is 0 Å². The fourth-order valence-electron chi connectivity index (χ4n) is 6.19. The molecule has 45 heavy (non-hydrogen) atoms. The number of benzene rings is 2. The van der Waals surface area contributed by atoms with E-state index in [0.29, 0.717) is 38.0 Å². The van der Waals surface area contributed by atoms with Crippen molar-refractivity contribution in [3.8, 4) is 0 Å². The number of allylic oxidation sites excluding steroid dienone is 2. The van der Waals surface area contributed by atoms with Crippen LogP contribution in [0.15, 0.2) is 86.0 Å². The van der Waals surface area contributed by atoms with Gasteiger partial charge >= 0.3 is 5.97 Å². The van der Waals surface area contributed by atoms with Crippen molar-refractivity contribution >= 4 is 17.8 Å². The first-order valence-electron chi connectivity index (χ1n) is 16.6. The molecule has 0 bridgehead atoms. The van der Waals surface area contributed by atoms with Crippen LogP contribution in [0.1, 0.15) is 75.3 Å². The number of aliphatic hydroxyl groups is 1. The smallest absolute Gasteiger partial charge is 0.309 e. The van der Waals surface area contributed by atoms with Crippen LogP contribution in [0.25, 0.3) is 0 Å². The molecule has 1 aliphatic rings. The van der Waals surface area contributed by atoms with E-state index in [4.69, 9.17) is 4.74 Å². The number of esters is 1. The highest BCUT2D eigenvalue weighted by Gasteiger charge is 2.28. The Labute approximate surface area is 269 Å². The van der Waals surface area contributed by atoms with Gasteiger partial charge in [0.1, 0.15) is 6.61 Å². The molecule has 0 radical (unpaired) electrons. The summed E-state index contributed by atoms with van der Waals surface area (Å²) in [6.45, 7) is 7.51. The lowest BCUT2D eigenvalue weighted by molar-refractivity contribution is -0.150. The molecular formula is C38H52N2O5. The number of carbonyl (C=O) groups is 3. The molecule has 1 saturated carbocycles. The van der Waals surface area contributed by atoms with Gasteiger partial charge in [-0.15, -0.1) is 13.2 Å². The van der Waals surface area contributed by atoms with Gasteiger partial charge in [0.05, 0.1) is 30.5 Å². The van der Waals surface area contributed by atoms with E-state index < -0.39 is 12.0 Å². The minimum absolute atomic E-state index is 0.0280. The molecule has 0 heterocycles. The van der Waals surface area contributed by atoms with Gasteiger partial charge in [0.15, 0.2) is 0 Å². The Morgan fingerprint density at radius 1 is 0.844 bits per heavy atom. The van der Waals surface area contributed by atoms with Crippen LogP contribution in [0, 0.1) is 17.8 Å². The molecule has 4 atom stereocenters. The predicted octanol–water partition coefficient (Wildman–Crippen LogP) is 6.11.